The normalized spacial score (nSPS) is 16.2. The predicted molar refractivity (Wildman–Crippen MR) is 72.6 cm³/mol. The lowest BCUT2D eigenvalue weighted by atomic mass is 10.0. The molecule has 3 heterocycles. The molecule has 0 aromatic carbocycles. The standard InChI is InChI=1S/C14H15N3O3/c1-9-2-3-12-15-11(4-13(18)17(12)5-9)8-16-6-10(7-16)14(19)20/h2-5,10H,6-8H2,1H3,(H,19,20). The Kier molecular flexibility index (Phi) is 3.02. The molecule has 0 aliphatic carbocycles. The van der Waals surface area contributed by atoms with Gasteiger partial charge in [-0.05, 0) is 18.6 Å². The minimum absolute atomic E-state index is 0.107. The van der Waals surface area contributed by atoms with Crippen LogP contribution in [0, 0.1) is 12.8 Å². The summed E-state index contributed by atoms with van der Waals surface area (Å²) in [5, 5.41) is 8.83. The minimum Gasteiger partial charge on any atom is -0.481 e. The summed E-state index contributed by atoms with van der Waals surface area (Å²) >= 11 is 0. The van der Waals surface area contributed by atoms with Crippen molar-refractivity contribution < 1.29 is 9.90 Å². The van der Waals surface area contributed by atoms with Crippen molar-refractivity contribution in [1.29, 1.82) is 0 Å². The molecule has 1 fully saturated rings. The number of likely N-dealkylation sites (tertiary alicyclic amines) is 1. The van der Waals surface area contributed by atoms with Crippen LogP contribution in [0.15, 0.2) is 29.2 Å². The van der Waals surface area contributed by atoms with Gasteiger partial charge in [0.25, 0.3) is 5.56 Å². The van der Waals surface area contributed by atoms with E-state index >= 15 is 0 Å². The molecule has 0 radical (unpaired) electrons. The number of aromatic nitrogens is 2. The van der Waals surface area contributed by atoms with Gasteiger partial charge in [0.15, 0.2) is 0 Å². The van der Waals surface area contributed by atoms with Crippen molar-refractivity contribution in [2.75, 3.05) is 13.1 Å². The third-order valence-corrected chi connectivity index (χ3v) is 3.55. The average Bonchev–Trinajstić information content (AvgIpc) is 2.34. The number of carboxylic acids is 1. The molecule has 6 heteroatoms. The number of fused-ring (bicyclic) bond motifs is 1. The Bertz CT molecular complexity index is 732. The molecule has 0 unspecified atom stereocenters. The van der Waals surface area contributed by atoms with Gasteiger partial charge in [-0.3, -0.25) is 18.9 Å². The van der Waals surface area contributed by atoms with Crippen molar-refractivity contribution in [3.05, 3.63) is 46.0 Å². The summed E-state index contributed by atoms with van der Waals surface area (Å²) in [6, 6.07) is 5.24. The van der Waals surface area contributed by atoms with Crippen LogP contribution < -0.4 is 5.56 Å². The number of hydrogen-bond donors (Lipinski definition) is 1. The Labute approximate surface area is 115 Å². The Morgan fingerprint density at radius 2 is 2.20 bits per heavy atom. The van der Waals surface area contributed by atoms with Crippen molar-refractivity contribution in [2.24, 2.45) is 5.92 Å². The molecule has 0 saturated carbocycles. The van der Waals surface area contributed by atoms with Crippen LogP contribution in [0.2, 0.25) is 0 Å². The van der Waals surface area contributed by atoms with Gasteiger partial charge in [0.05, 0.1) is 11.6 Å². The van der Waals surface area contributed by atoms with E-state index < -0.39 is 5.97 Å². The zero-order chi connectivity index (χ0) is 14.3. The average molecular weight is 273 g/mol. The van der Waals surface area contributed by atoms with Gasteiger partial charge in [0, 0.05) is 31.9 Å². The number of rotatable bonds is 3. The molecule has 6 nitrogen and oxygen atoms in total. The Balaban J connectivity index is 1.82. The summed E-state index contributed by atoms with van der Waals surface area (Å²) in [6.07, 6.45) is 1.76. The lowest BCUT2D eigenvalue weighted by molar-refractivity contribution is -0.147. The zero-order valence-electron chi connectivity index (χ0n) is 11.1. The number of aryl methyl sites for hydroxylation is 1. The molecular weight excluding hydrogens is 258 g/mol. The maximum absolute atomic E-state index is 12.0. The van der Waals surface area contributed by atoms with Gasteiger partial charge in [-0.1, -0.05) is 6.07 Å². The number of carbonyl (C=O) groups is 1. The molecule has 1 aliphatic rings. The third-order valence-electron chi connectivity index (χ3n) is 3.55. The highest BCUT2D eigenvalue weighted by atomic mass is 16.4. The van der Waals surface area contributed by atoms with Crippen molar-refractivity contribution in [1.82, 2.24) is 14.3 Å². The summed E-state index contributed by atoms with van der Waals surface area (Å²) in [5.74, 6) is -1.05. The van der Waals surface area contributed by atoms with E-state index in [1.165, 1.54) is 10.5 Å². The number of carboxylic acid groups (broad SMARTS) is 1. The Morgan fingerprint density at radius 3 is 2.90 bits per heavy atom. The molecule has 2 aromatic heterocycles. The van der Waals surface area contributed by atoms with Crippen LogP contribution in [-0.2, 0) is 11.3 Å². The summed E-state index contributed by atoms with van der Waals surface area (Å²) in [7, 11) is 0. The summed E-state index contributed by atoms with van der Waals surface area (Å²) in [4.78, 5) is 29.2. The molecule has 1 N–H and O–H groups in total. The Morgan fingerprint density at radius 1 is 1.45 bits per heavy atom. The van der Waals surface area contributed by atoms with Crippen LogP contribution in [0.1, 0.15) is 11.3 Å². The largest absolute Gasteiger partial charge is 0.481 e. The van der Waals surface area contributed by atoms with Gasteiger partial charge in [0.1, 0.15) is 5.65 Å². The van der Waals surface area contributed by atoms with Crippen molar-refractivity contribution in [3.8, 4) is 0 Å². The number of pyridine rings is 1. The first-order valence-corrected chi connectivity index (χ1v) is 6.47. The fraction of sp³-hybridized carbons (Fsp3) is 0.357. The monoisotopic (exact) mass is 273 g/mol. The lowest BCUT2D eigenvalue weighted by Gasteiger charge is -2.36. The molecule has 2 aromatic rings. The molecule has 1 saturated heterocycles. The molecule has 20 heavy (non-hydrogen) atoms. The van der Waals surface area contributed by atoms with E-state index in [-0.39, 0.29) is 11.5 Å². The van der Waals surface area contributed by atoms with Crippen LogP contribution in [0.4, 0.5) is 0 Å². The molecule has 104 valence electrons. The minimum atomic E-state index is -0.761. The highest BCUT2D eigenvalue weighted by Crippen LogP contribution is 2.17. The van der Waals surface area contributed by atoms with Crippen LogP contribution in [-0.4, -0.2) is 38.4 Å². The summed E-state index contributed by atoms with van der Waals surface area (Å²) < 4.78 is 1.52. The fourth-order valence-electron chi connectivity index (χ4n) is 2.42. The van der Waals surface area contributed by atoms with Gasteiger partial charge in [-0.25, -0.2) is 4.98 Å². The van der Waals surface area contributed by atoms with Gasteiger partial charge in [-0.2, -0.15) is 0 Å². The molecule has 3 rings (SSSR count). The number of aliphatic carboxylic acids is 1. The fourth-order valence-corrected chi connectivity index (χ4v) is 2.42. The van der Waals surface area contributed by atoms with Crippen molar-refractivity contribution >= 4 is 11.6 Å². The van der Waals surface area contributed by atoms with Crippen LogP contribution >= 0.6 is 0 Å². The van der Waals surface area contributed by atoms with Crippen LogP contribution in [0.25, 0.3) is 5.65 Å². The maximum Gasteiger partial charge on any atom is 0.309 e. The second-order valence-electron chi connectivity index (χ2n) is 5.25. The van der Waals surface area contributed by atoms with Crippen LogP contribution in [0.3, 0.4) is 0 Å². The number of hydrogen-bond acceptors (Lipinski definition) is 4. The van der Waals surface area contributed by atoms with Crippen LogP contribution in [0.5, 0.6) is 0 Å². The van der Waals surface area contributed by atoms with E-state index in [9.17, 15) is 9.59 Å². The molecular formula is C14H15N3O3. The van der Waals surface area contributed by atoms with E-state index in [0.29, 0.717) is 31.0 Å². The highest BCUT2D eigenvalue weighted by Gasteiger charge is 2.32. The van der Waals surface area contributed by atoms with E-state index in [2.05, 4.69) is 4.98 Å². The zero-order valence-corrected chi connectivity index (χ0v) is 11.1. The summed E-state index contributed by atoms with van der Waals surface area (Å²) in [6.45, 7) is 3.48. The first-order valence-electron chi connectivity index (χ1n) is 6.47. The Hall–Kier alpha value is -2.21. The first kappa shape index (κ1) is 12.8. The topological polar surface area (TPSA) is 74.9 Å². The highest BCUT2D eigenvalue weighted by molar-refractivity contribution is 5.71. The lowest BCUT2D eigenvalue weighted by Crippen LogP contribution is -2.49. The van der Waals surface area contributed by atoms with Gasteiger partial charge < -0.3 is 5.11 Å². The second-order valence-corrected chi connectivity index (χ2v) is 5.25. The smallest absolute Gasteiger partial charge is 0.309 e. The van der Waals surface area contributed by atoms with E-state index in [1.807, 2.05) is 24.0 Å². The maximum atomic E-state index is 12.0. The van der Waals surface area contributed by atoms with Gasteiger partial charge >= 0.3 is 5.97 Å². The predicted octanol–water partition coefficient (Wildman–Crippen LogP) is 0.519. The quantitative estimate of drug-likeness (QED) is 0.882. The van der Waals surface area contributed by atoms with Crippen molar-refractivity contribution in [3.63, 3.8) is 0 Å². The molecule has 0 amide bonds. The SMILES string of the molecule is Cc1ccc2nc(CN3CC(C(=O)O)C3)cc(=O)n2c1. The third kappa shape index (κ3) is 2.30. The van der Waals surface area contributed by atoms with E-state index in [1.54, 1.807) is 6.20 Å². The second kappa shape index (κ2) is 4.72. The molecule has 1 aliphatic heterocycles. The van der Waals surface area contributed by atoms with Gasteiger partial charge in [0.2, 0.25) is 0 Å². The van der Waals surface area contributed by atoms with Gasteiger partial charge in [-0.15, -0.1) is 0 Å². The number of nitrogens with zero attached hydrogens (tertiary/aromatic N) is 3. The first-order chi connectivity index (χ1) is 9.52. The molecule has 0 spiro atoms. The van der Waals surface area contributed by atoms with E-state index in [4.69, 9.17) is 5.11 Å². The van der Waals surface area contributed by atoms with E-state index in [0.717, 1.165) is 5.56 Å². The molecule has 0 bridgehead atoms. The summed E-state index contributed by atoms with van der Waals surface area (Å²) in [5.41, 5.74) is 2.20. The molecule has 0 atom stereocenters. The van der Waals surface area contributed by atoms with Crippen molar-refractivity contribution in [2.45, 2.75) is 13.5 Å².